The zero-order valence-electron chi connectivity index (χ0n) is 16.0. The highest BCUT2D eigenvalue weighted by Gasteiger charge is 2.23. The van der Waals surface area contributed by atoms with Gasteiger partial charge >= 0.3 is 0 Å². The summed E-state index contributed by atoms with van der Waals surface area (Å²) in [6, 6.07) is 18.6. The number of nitrogens with two attached hydrogens (primary N) is 1. The van der Waals surface area contributed by atoms with Gasteiger partial charge in [-0.2, -0.15) is 0 Å². The largest absolute Gasteiger partial charge is 0.366 e. The molecule has 3 heteroatoms. The van der Waals surface area contributed by atoms with Gasteiger partial charge in [0.05, 0.1) is 5.56 Å². The molecule has 3 rings (SSSR count). The lowest BCUT2D eigenvalue weighted by molar-refractivity contribution is 0.1000. The van der Waals surface area contributed by atoms with E-state index in [1.807, 2.05) is 31.2 Å². The molecule has 1 amide bonds. The Hall–Kier alpha value is -3.07. The quantitative estimate of drug-likeness (QED) is 0.567. The average Bonchev–Trinajstić information content (AvgIpc) is 2.95. The second kappa shape index (κ2) is 8.09. The second-order valence-corrected chi connectivity index (χ2v) is 6.74. The molecular formula is C24H26N2O. The number of aromatic nitrogens is 1. The molecule has 2 N–H and O–H groups in total. The lowest BCUT2D eigenvalue weighted by atomic mass is 9.96. The molecule has 3 nitrogen and oxygen atoms in total. The number of allylic oxidation sites excluding steroid dienone is 1. The Morgan fingerprint density at radius 1 is 1.04 bits per heavy atom. The monoisotopic (exact) mass is 358 g/mol. The van der Waals surface area contributed by atoms with Gasteiger partial charge in [-0.15, -0.1) is 6.58 Å². The van der Waals surface area contributed by atoms with Crippen molar-refractivity contribution < 1.29 is 4.79 Å². The minimum absolute atomic E-state index is 0.380. The van der Waals surface area contributed by atoms with E-state index in [4.69, 9.17) is 5.73 Å². The molecule has 0 bridgehead atoms. The molecule has 0 fully saturated rings. The summed E-state index contributed by atoms with van der Waals surface area (Å²) in [5.74, 6) is -0.380. The number of hydrogen-bond acceptors (Lipinski definition) is 1. The normalized spacial score (nSPS) is 10.7. The fourth-order valence-electron chi connectivity index (χ4n) is 3.74. The Morgan fingerprint density at radius 3 is 2.19 bits per heavy atom. The van der Waals surface area contributed by atoms with Gasteiger partial charge in [0.25, 0.3) is 5.91 Å². The minimum Gasteiger partial charge on any atom is -0.366 e. The van der Waals surface area contributed by atoms with Gasteiger partial charge in [0.2, 0.25) is 0 Å². The Balaban J connectivity index is 2.16. The third kappa shape index (κ3) is 3.59. The van der Waals surface area contributed by atoms with Crippen LogP contribution in [0.4, 0.5) is 0 Å². The molecule has 2 aromatic carbocycles. The van der Waals surface area contributed by atoms with Crippen LogP contribution in [0.5, 0.6) is 0 Å². The van der Waals surface area contributed by atoms with Gasteiger partial charge in [-0.05, 0) is 30.0 Å². The SMILES string of the molecule is C=CCn1c(C)c(C(N)=O)c(-c2ccc(-c3ccccc3)cc2)c1CCC. The third-order valence-electron chi connectivity index (χ3n) is 4.96. The smallest absolute Gasteiger partial charge is 0.251 e. The van der Waals surface area contributed by atoms with Crippen LogP contribution < -0.4 is 5.73 Å². The van der Waals surface area contributed by atoms with Crippen LogP contribution in [-0.4, -0.2) is 10.5 Å². The average molecular weight is 358 g/mol. The molecule has 0 atom stereocenters. The molecule has 1 heterocycles. The molecule has 1 aromatic heterocycles. The van der Waals surface area contributed by atoms with Crippen LogP contribution in [0.2, 0.25) is 0 Å². The van der Waals surface area contributed by atoms with Crippen LogP contribution >= 0.6 is 0 Å². The van der Waals surface area contributed by atoms with Gasteiger partial charge in [-0.3, -0.25) is 4.79 Å². The molecular weight excluding hydrogens is 332 g/mol. The van der Waals surface area contributed by atoms with Crippen molar-refractivity contribution in [1.29, 1.82) is 0 Å². The molecule has 0 saturated heterocycles. The number of amides is 1. The number of rotatable bonds is 7. The number of carbonyl (C=O) groups excluding carboxylic acids is 1. The van der Waals surface area contributed by atoms with Gasteiger partial charge in [0.1, 0.15) is 0 Å². The maximum absolute atomic E-state index is 12.3. The molecule has 0 aliphatic carbocycles. The van der Waals surface area contributed by atoms with Crippen molar-refractivity contribution in [3.8, 4) is 22.3 Å². The summed E-state index contributed by atoms with van der Waals surface area (Å²) in [6.07, 6.45) is 3.74. The Kier molecular flexibility index (Phi) is 5.60. The van der Waals surface area contributed by atoms with E-state index in [0.29, 0.717) is 12.1 Å². The third-order valence-corrected chi connectivity index (χ3v) is 4.96. The zero-order valence-corrected chi connectivity index (χ0v) is 16.0. The van der Waals surface area contributed by atoms with E-state index in [-0.39, 0.29) is 5.91 Å². The fourth-order valence-corrected chi connectivity index (χ4v) is 3.74. The van der Waals surface area contributed by atoms with E-state index in [1.54, 1.807) is 0 Å². The van der Waals surface area contributed by atoms with Crippen LogP contribution in [0.15, 0.2) is 67.3 Å². The summed E-state index contributed by atoms with van der Waals surface area (Å²) < 4.78 is 2.16. The van der Waals surface area contributed by atoms with E-state index in [2.05, 4.69) is 54.5 Å². The van der Waals surface area contributed by atoms with Crippen LogP contribution in [-0.2, 0) is 13.0 Å². The van der Waals surface area contributed by atoms with E-state index < -0.39 is 0 Å². The van der Waals surface area contributed by atoms with Crippen molar-refractivity contribution in [2.45, 2.75) is 33.2 Å². The number of nitrogens with zero attached hydrogens (tertiary/aromatic N) is 1. The molecule has 0 aliphatic heterocycles. The second-order valence-electron chi connectivity index (χ2n) is 6.74. The Morgan fingerprint density at radius 2 is 1.63 bits per heavy atom. The zero-order chi connectivity index (χ0) is 19.4. The Labute approximate surface area is 161 Å². The highest BCUT2D eigenvalue weighted by atomic mass is 16.1. The van der Waals surface area contributed by atoms with Gasteiger partial charge in [0.15, 0.2) is 0 Å². The van der Waals surface area contributed by atoms with Crippen molar-refractivity contribution in [3.63, 3.8) is 0 Å². The summed E-state index contributed by atoms with van der Waals surface area (Å²) >= 11 is 0. The van der Waals surface area contributed by atoms with Crippen LogP contribution in [0.1, 0.15) is 35.1 Å². The van der Waals surface area contributed by atoms with Gasteiger partial charge in [-0.25, -0.2) is 0 Å². The van der Waals surface area contributed by atoms with Gasteiger partial charge in [0, 0.05) is 23.5 Å². The predicted octanol–water partition coefficient (Wildman–Crippen LogP) is 5.37. The lowest BCUT2D eigenvalue weighted by Crippen LogP contribution is -2.13. The summed E-state index contributed by atoms with van der Waals surface area (Å²) in [5.41, 5.74) is 12.8. The van der Waals surface area contributed by atoms with Crippen molar-refractivity contribution in [3.05, 3.63) is 84.2 Å². The lowest BCUT2D eigenvalue weighted by Gasteiger charge is -2.11. The first-order chi connectivity index (χ1) is 13.1. The number of benzene rings is 2. The van der Waals surface area contributed by atoms with Crippen LogP contribution in [0.25, 0.3) is 22.3 Å². The first kappa shape index (κ1) is 18.7. The molecule has 0 spiro atoms. The van der Waals surface area contributed by atoms with Crippen LogP contribution in [0.3, 0.4) is 0 Å². The topological polar surface area (TPSA) is 48.0 Å². The van der Waals surface area contributed by atoms with Gasteiger partial charge in [-0.1, -0.05) is 74.0 Å². The molecule has 138 valence electrons. The summed E-state index contributed by atoms with van der Waals surface area (Å²) in [7, 11) is 0. The molecule has 0 saturated carbocycles. The molecule has 3 aromatic rings. The first-order valence-corrected chi connectivity index (χ1v) is 9.37. The van der Waals surface area contributed by atoms with Crippen molar-refractivity contribution in [1.82, 2.24) is 4.57 Å². The number of hydrogen-bond donors (Lipinski definition) is 1. The highest BCUT2D eigenvalue weighted by molar-refractivity contribution is 6.02. The summed E-state index contributed by atoms with van der Waals surface area (Å²) in [6.45, 7) is 8.64. The van der Waals surface area contributed by atoms with Crippen molar-refractivity contribution >= 4 is 5.91 Å². The van der Waals surface area contributed by atoms with E-state index in [9.17, 15) is 4.79 Å². The minimum atomic E-state index is -0.380. The first-order valence-electron chi connectivity index (χ1n) is 9.37. The highest BCUT2D eigenvalue weighted by Crippen LogP contribution is 2.35. The maximum Gasteiger partial charge on any atom is 0.251 e. The van der Waals surface area contributed by atoms with E-state index in [1.165, 1.54) is 5.56 Å². The maximum atomic E-state index is 12.3. The Bertz CT molecular complexity index is 950. The molecule has 0 radical (unpaired) electrons. The predicted molar refractivity (Wildman–Crippen MR) is 113 cm³/mol. The van der Waals surface area contributed by atoms with Crippen LogP contribution in [0, 0.1) is 6.92 Å². The van der Waals surface area contributed by atoms with E-state index in [0.717, 1.165) is 40.9 Å². The van der Waals surface area contributed by atoms with Crippen molar-refractivity contribution in [2.24, 2.45) is 5.73 Å². The molecule has 27 heavy (non-hydrogen) atoms. The summed E-state index contributed by atoms with van der Waals surface area (Å²) in [4.78, 5) is 12.3. The number of primary amides is 1. The molecule has 0 unspecified atom stereocenters. The summed E-state index contributed by atoms with van der Waals surface area (Å²) in [5, 5.41) is 0. The standard InChI is InChI=1S/C24H26N2O/c1-4-9-21-23(22(24(25)27)17(3)26(21)16-5-2)20-14-12-19(13-15-20)18-10-7-6-8-11-18/h5-8,10-15H,2,4,9,16H2,1,3H3,(H2,25,27). The fraction of sp³-hybridized carbons (Fsp3) is 0.208. The van der Waals surface area contributed by atoms with E-state index >= 15 is 0 Å². The number of carbonyl (C=O) groups is 1. The van der Waals surface area contributed by atoms with Crippen molar-refractivity contribution in [2.75, 3.05) is 0 Å². The van der Waals surface area contributed by atoms with Gasteiger partial charge < -0.3 is 10.3 Å². The molecule has 0 aliphatic rings.